The summed E-state index contributed by atoms with van der Waals surface area (Å²) in [6, 6.07) is 2.17. The maximum atomic E-state index is 5.66. The zero-order chi connectivity index (χ0) is 14.3. The highest BCUT2D eigenvalue weighted by Gasteiger charge is 2.11. The third kappa shape index (κ3) is 6.79. The molecule has 0 fully saturated rings. The van der Waals surface area contributed by atoms with Crippen molar-refractivity contribution in [3.8, 4) is 0 Å². The number of unbranched alkanes of at least 4 members (excludes halogenated alkanes) is 1. The third-order valence-corrected chi connectivity index (χ3v) is 3.19. The van der Waals surface area contributed by atoms with Crippen molar-refractivity contribution in [2.75, 3.05) is 13.1 Å². The third-order valence-electron chi connectivity index (χ3n) is 3.19. The van der Waals surface area contributed by atoms with Crippen LogP contribution in [0.3, 0.4) is 0 Å². The molecule has 0 aliphatic heterocycles. The molecule has 19 heavy (non-hydrogen) atoms. The first-order valence-corrected chi connectivity index (χ1v) is 7.48. The quantitative estimate of drug-likeness (QED) is 0.776. The normalized spacial score (nSPS) is 12.3. The van der Waals surface area contributed by atoms with Crippen molar-refractivity contribution in [2.45, 2.75) is 66.1 Å². The molecule has 0 aliphatic carbocycles. The molecule has 1 N–H and O–H groups in total. The van der Waals surface area contributed by atoms with Crippen molar-refractivity contribution in [3.63, 3.8) is 0 Å². The summed E-state index contributed by atoms with van der Waals surface area (Å²) >= 11 is 0. The Morgan fingerprint density at radius 3 is 2.58 bits per heavy atom. The van der Waals surface area contributed by atoms with Gasteiger partial charge in [-0.15, -0.1) is 0 Å². The van der Waals surface area contributed by atoms with Crippen LogP contribution in [-0.4, -0.2) is 23.5 Å². The molecule has 0 aliphatic rings. The summed E-state index contributed by atoms with van der Waals surface area (Å²) in [6.45, 7) is 15.0. The molecule has 0 aromatic carbocycles. The first-order chi connectivity index (χ1) is 8.94. The van der Waals surface area contributed by atoms with Crippen LogP contribution in [0.5, 0.6) is 0 Å². The molecule has 1 rings (SSSR count). The molecule has 0 saturated carbocycles. The lowest BCUT2D eigenvalue weighted by atomic mass is 10.1. The van der Waals surface area contributed by atoms with Crippen LogP contribution in [0.1, 0.15) is 58.8 Å². The van der Waals surface area contributed by atoms with Crippen molar-refractivity contribution in [1.82, 2.24) is 10.2 Å². The van der Waals surface area contributed by atoms with Crippen LogP contribution in [0.15, 0.2) is 16.7 Å². The van der Waals surface area contributed by atoms with Crippen molar-refractivity contribution < 1.29 is 4.42 Å². The van der Waals surface area contributed by atoms with E-state index >= 15 is 0 Å². The summed E-state index contributed by atoms with van der Waals surface area (Å²) in [4.78, 5) is 2.43. The topological polar surface area (TPSA) is 28.4 Å². The highest BCUT2D eigenvalue weighted by atomic mass is 16.3. The van der Waals surface area contributed by atoms with Gasteiger partial charge in [0.25, 0.3) is 0 Å². The summed E-state index contributed by atoms with van der Waals surface area (Å²) < 4.78 is 5.66. The SMILES string of the molecule is CCCCN(CC)Cc1cc(CNC(C)(C)C)co1. The summed E-state index contributed by atoms with van der Waals surface area (Å²) in [6.07, 6.45) is 4.38. The Morgan fingerprint density at radius 2 is 2.00 bits per heavy atom. The first kappa shape index (κ1) is 16.3. The van der Waals surface area contributed by atoms with Crippen molar-refractivity contribution in [1.29, 1.82) is 0 Å². The second-order valence-corrected chi connectivity index (χ2v) is 6.25. The molecule has 0 atom stereocenters. The average molecular weight is 266 g/mol. The van der Waals surface area contributed by atoms with Crippen molar-refractivity contribution >= 4 is 0 Å². The van der Waals surface area contributed by atoms with E-state index in [4.69, 9.17) is 4.42 Å². The Labute approximate surface area is 118 Å². The second kappa shape index (κ2) is 7.71. The highest BCUT2D eigenvalue weighted by molar-refractivity contribution is 5.13. The van der Waals surface area contributed by atoms with Gasteiger partial charge in [0, 0.05) is 17.6 Å². The van der Waals surface area contributed by atoms with Gasteiger partial charge in [-0.25, -0.2) is 0 Å². The molecule has 1 aromatic rings. The molecular weight excluding hydrogens is 236 g/mol. The maximum absolute atomic E-state index is 5.66. The molecule has 0 amide bonds. The molecule has 110 valence electrons. The summed E-state index contributed by atoms with van der Waals surface area (Å²) in [7, 11) is 0. The number of rotatable bonds is 8. The average Bonchev–Trinajstić information content (AvgIpc) is 2.79. The minimum absolute atomic E-state index is 0.147. The smallest absolute Gasteiger partial charge is 0.118 e. The molecule has 3 nitrogen and oxygen atoms in total. The number of hydrogen-bond acceptors (Lipinski definition) is 3. The van der Waals surface area contributed by atoms with Crippen LogP contribution in [0.25, 0.3) is 0 Å². The molecule has 0 radical (unpaired) electrons. The summed E-state index contributed by atoms with van der Waals surface area (Å²) in [5, 5.41) is 3.48. The fourth-order valence-electron chi connectivity index (χ4n) is 1.92. The maximum Gasteiger partial charge on any atom is 0.118 e. The molecule has 0 saturated heterocycles. The minimum Gasteiger partial charge on any atom is -0.468 e. The van der Waals surface area contributed by atoms with E-state index in [9.17, 15) is 0 Å². The van der Waals surface area contributed by atoms with Gasteiger partial charge in [0.1, 0.15) is 5.76 Å². The lowest BCUT2D eigenvalue weighted by Crippen LogP contribution is -2.34. The second-order valence-electron chi connectivity index (χ2n) is 6.25. The number of nitrogens with zero attached hydrogens (tertiary/aromatic N) is 1. The molecule has 0 unspecified atom stereocenters. The van der Waals surface area contributed by atoms with E-state index in [-0.39, 0.29) is 5.54 Å². The van der Waals surface area contributed by atoms with Gasteiger partial charge in [0.05, 0.1) is 12.8 Å². The molecule has 3 heteroatoms. The van der Waals surface area contributed by atoms with Crippen LogP contribution in [0.4, 0.5) is 0 Å². The highest BCUT2D eigenvalue weighted by Crippen LogP contribution is 2.12. The predicted octanol–water partition coefficient (Wildman–Crippen LogP) is 3.79. The molecule has 1 heterocycles. The van der Waals surface area contributed by atoms with Gasteiger partial charge in [0.2, 0.25) is 0 Å². The zero-order valence-corrected chi connectivity index (χ0v) is 13.3. The van der Waals surface area contributed by atoms with Crippen LogP contribution < -0.4 is 5.32 Å². The van der Waals surface area contributed by atoms with Crippen LogP contribution >= 0.6 is 0 Å². The van der Waals surface area contributed by atoms with E-state index in [1.807, 2.05) is 6.26 Å². The number of hydrogen-bond donors (Lipinski definition) is 1. The monoisotopic (exact) mass is 266 g/mol. The van der Waals surface area contributed by atoms with Crippen LogP contribution in [0, 0.1) is 0 Å². The van der Waals surface area contributed by atoms with Gasteiger partial charge in [-0.3, -0.25) is 4.90 Å². The lowest BCUT2D eigenvalue weighted by molar-refractivity contribution is 0.252. The molecule has 1 aromatic heterocycles. The van der Waals surface area contributed by atoms with Gasteiger partial charge in [-0.1, -0.05) is 20.3 Å². The van der Waals surface area contributed by atoms with Crippen molar-refractivity contribution in [3.05, 3.63) is 23.7 Å². The summed E-state index contributed by atoms with van der Waals surface area (Å²) in [5.41, 5.74) is 1.38. The van der Waals surface area contributed by atoms with E-state index in [1.165, 1.54) is 18.4 Å². The molecule has 0 bridgehead atoms. The van der Waals surface area contributed by atoms with Crippen LogP contribution in [-0.2, 0) is 13.1 Å². The molecule has 0 spiro atoms. The Morgan fingerprint density at radius 1 is 1.26 bits per heavy atom. The van der Waals surface area contributed by atoms with E-state index in [2.05, 4.69) is 50.9 Å². The van der Waals surface area contributed by atoms with Gasteiger partial charge in [-0.2, -0.15) is 0 Å². The van der Waals surface area contributed by atoms with E-state index in [0.29, 0.717) is 0 Å². The Hall–Kier alpha value is -0.800. The van der Waals surface area contributed by atoms with E-state index in [1.54, 1.807) is 0 Å². The van der Waals surface area contributed by atoms with E-state index < -0.39 is 0 Å². The predicted molar refractivity (Wildman–Crippen MR) is 81.2 cm³/mol. The zero-order valence-electron chi connectivity index (χ0n) is 13.3. The molecular formula is C16H30N2O. The standard InChI is InChI=1S/C16H30N2O/c1-6-8-9-18(7-2)12-15-10-14(13-19-15)11-17-16(3,4)5/h10,13,17H,6-9,11-12H2,1-5H3. The van der Waals surface area contributed by atoms with Gasteiger partial charge in [-0.05, 0) is 46.3 Å². The number of furan rings is 1. The van der Waals surface area contributed by atoms with Gasteiger partial charge in [0.15, 0.2) is 0 Å². The summed E-state index contributed by atoms with van der Waals surface area (Å²) in [5.74, 6) is 1.07. The minimum atomic E-state index is 0.147. The Kier molecular flexibility index (Phi) is 6.59. The van der Waals surface area contributed by atoms with Gasteiger partial charge >= 0.3 is 0 Å². The fraction of sp³-hybridized carbons (Fsp3) is 0.750. The first-order valence-electron chi connectivity index (χ1n) is 7.48. The van der Waals surface area contributed by atoms with Crippen molar-refractivity contribution in [2.24, 2.45) is 0 Å². The van der Waals surface area contributed by atoms with E-state index in [0.717, 1.165) is 31.9 Å². The van der Waals surface area contributed by atoms with Crippen LogP contribution in [0.2, 0.25) is 0 Å². The fourth-order valence-corrected chi connectivity index (χ4v) is 1.92. The Balaban J connectivity index is 2.45. The number of nitrogens with one attached hydrogen (secondary N) is 1. The Bertz CT molecular complexity index is 352. The van der Waals surface area contributed by atoms with Gasteiger partial charge < -0.3 is 9.73 Å². The largest absolute Gasteiger partial charge is 0.468 e. The lowest BCUT2D eigenvalue weighted by Gasteiger charge is -2.19.